The first kappa shape index (κ1) is 25.6. The number of imide groups is 1. The first-order valence-corrected chi connectivity index (χ1v) is 13.1. The summed E-state index contributed by atoms with van der Waals surface area (Å²) in [6.45, 7) is 3.59. The average Bonchev–Trinajstić information content (AvgIpc) is 3.59. The largest absolute Gasteiger partial charge is 0.497 e. The fourth-order valence-electron chi connectivity index (χ4n) is 6.46. The molecule has 0 aromatic heterocycles. The molecule has 4 atom stereocenters. The van der Waals surface area contributed by atoms with Gasteiger partial charge in [-0.05, 0) is 77.6 Å². The number of hydrogen-bond acceptors (Lipinski definition) is 6. The third kappa shape index (κ3) is 3.74. The summed E-state index contributed by atoms with van der Waals surface area (Å²) in [6, 6.07) is 18.5. The molecule has 0 radical (unpaired) electrons. The first-order valence-electron chi connectivity index (χ1n) is 13.1. The van der Waals surface area contributed by atoms with Crippen molar-refractivity contribution in [3.8, 4) is 11.5 Å². The quantitative estimate of drug-likeness (QED) is 0.175. The van der Waals surface area contributed by atoms with Gasteiger partial charge in [0.25, 0.3) is 5.69 Å². The van der Waals surface area contributed by atoms with Gasteiger partial charge in [-0.15, -0.1) is 0 Å². The van der Waals surface area contributed by atoms with Crippen molar-refractivity contribution >= 4 is 28.8 Å². The van der Waals surface area contributed by atoms with Crippen LogP contribution in [0.2, 0.25) is 0 Å². The van der Waals surface area contributed by atoms with E-state index >= 15 is 0 Å². The molecular formula is C32H28N2O6. The summed E-state index contributed by atoms with van der Waals surface area (Å²) in [4.78, 5) is 40.4. The molecule has 8 heteroatoms. The van der Waals surface area contributed by atoms with Gasteiger partial charge < -0.3 is 9.47 Å². The van der Waals surface area contributed by atoms with E-state index < -0.39 is 16.8 Å². The summed E-state index contributed by atoms with van der Waals surface area (Å²) in [5, 5.41) is 11.9. The molecular weight excluding hydrogens is 508 g/mol. The Kier molecular flexibility index (Phi) is 6.06. The number of amides is 2. The van der Waals surface area contributed by atoms with Crippen molar-refractivity contribution in [2.45, 2.75) is 13.8 Å². The lowest BCUT2D eigenvalue weighted by atomic mass is 9.85. The van der Waals surface area contributed by atoms with Crippen LogP contribution in [-0.4, -0.2) is 31.0 Å². The van der Waals surface area contributed by atoms with Crippen LogP contribution in [0.15, 0.2) is 78.4 Å². The molecule has 0 spiro atoms. The van der Waals surface area contributed by atoms with E-state index in [4.69, 9.17) is 9.47 Å². The Bertz CT molecular complexity index is 1540. The second kappa shape index (κ2) is 9.48. The Morgan fingerprint density at radius 2 is 1.23 bits per heavy atom. The van der Waals surface area contributed by atoms with E-state index in [0.29, 0.717) is 0 Å². The number of nitro groups is 1. The maximum absolute atomic E-state index is 14.0. The monoisotopic (exact) mass is 536 g/mol. The van der Waals surface area contributed by atoms with E-state index in [0.717, 1.165) is 49.8 Å². The predicted molar refractivity (Wildman–Crippen MR) is 150 cm³/mol. The number of fused-ring (bicyclic) bond motifs is 5. The highest BCUT2D eigenvalue weighted by molar-refractivity contribution is 6.24. The van der Waals surface area contributed by atoms with E-state index in [2.05, 4.69) is 0 Å². The van der Waals surface area contributed by atoms with Crippen LogP contribution in [-0.2, 0) is 9.59 Å². The normalized spacial score (nSPS) is 22.6. The molecule has 2 amide bonds. The lowest BCUT2D eigenvalue weighted by Gasteiger charge is -2.22. The molecule has 3 aromatic carbocycles. The van der Waals surface area contributed by atoms with Gasteiger partial charge in [0.15, 0.2) is 0 Å². The molecule has 0 unspecified atom stereocenters. The van der Waals surface area contributed by atoms with Crippen molar-refractivity contribution in [1.29, 1.82) is 0 Å². The Balaban J connectivity index is 1.48. The minimum absolute atomic E-state index is 0.0490. The van der Waals surface area contributed by atoms with Crippen molar-refractivity contribution in [2.24, 2.45) is 23.7 Å². The lowest BCUT2D eigenvalue weighted by Crippen LogP contribution is -2.34. The standard InChI is InChI=1S/C32H28N2O6/c1-17-15-25(26(34(37)38)16-18(17)2)33-31(35)29-23-13-14-24(30(29)32(33)36)28(23)27(19-5-9-21(39-3)10-6-19)20-7-11-22(40-4)12-8-20/h5-16,23-24,29-30H,1-4H3/t23-,24-,29-,30+/m1/s1. The molecule has 8 nitrogen and oxygen atoms in total. The van der Waals surface area contributed by atoms with E-state index in [1.54, 1.807) is 27.2 Å². The molecule has 2 fully saturated rings. The van der Waals surface area contributed by atoms with Crippen LogP contribution in [0.4, 0.5) is 11.4 Å². The van der Waals surface area contributed by atoms with Gasteiger partial charge in [0, 0.05) is 17.9 Å². The van der Waals surface area contributed by atoms with Crippen molar-refractivity contribution in [2.75, 3.05) is 19.1 Å². The lowest BCUT2D eigenvalue weighted by molar-refractivity contribution is -0.384. The number of methoxy groups -OCH3 is 2. The number of carbonyl (C=O) groups excluding carboxylic acids is 2. The smallest absolute Gasteiger partial charge is 0.293 e. The van der Waals surface area contributed by atoms with E-state index in [1.807, 2.05) is 67.6 Å². The number of benzene rings is 3. The Hall–Kier alpha value is -4.72. The number of anilines is 1. The zero-order valence-corrected chi connectivity index (χ0v) is 22.6. The fourth-order valence-corrected chi connectivity index (χ4v) is 6.46. The highest BCUT2D eigenvalue weighted by atomic mass is 16.6. The topological polar surface area (TPSA) is 99.0 Å². The first-order chi connectivity index (χ1) is 19.2. The maximum Gasteiger partial charge on any atom is 0.293 e. The second-order valence-electron chi connectivity index (χ2n) is 10.5. The van der Waals surface area contributed by atoms with Crippen LogP contribution in [0.5, 0.6) is 11.5 Å². The molecule has 2 bridgehead atoms. The minimum Gasteiger partial charge on any atom is -0.497 e. The Morgan fingerprint density at radius 3 is 1.65 bits per heavy atom. The zero-order chi connectivity index (χ0) is 28.3. The molecule has 6 rings (SSSR count). The van der Waals surface area contributed by atoms with Crippen molar-refractivity contribution in [3.05, 3.63) is 111 Å². The zero-order valence-electron chi connectivity index (χ0n) is 22.6. The number of allylic oxidation sites excluding steroid dienone is 3. The van der Waals surface area contributed by atoms with Gasteiger partial charge in [-0.3, -0.25) is 19.7 Å². The van der Waals surface area contributed by atoms with Crippen molar-refractivity contribution in [3.63, 3.8) is 0 Å². The van der Waals surface area contributed by atoms with Crippen LogP contribution in [0.25, 0.3) is 5.57 Å². The van der Waals surface area contributed by atoms with Gasteiger partial charge in [-0.2, -0.15) is 0 Å². The van der Waals surface area contributed by atoms with Crippen molar-refractivity contribution in [1.82, 2.24) is 0 Å². The van der Waals surface area contributed by atoms with Crippen LogP contribution in [0.3, 0.4) is 0 Å². The average molecular weight is 537 g/mol. The van der Waals surface area contributed by atoms with Gasteiger partial charge in [-0.25, -0.2) is 4.90 Å². The summed E-state index contributed by atoms with van der Waals surface area (Å²) >= 11 is 0. The molecule has 1 heterocycles. The molecule has 1 aliphatic heterocycles. The number of rotatable bonds is 6. The van der Waals surface area contributed by atoms with E-state index in [9.17, 15) is 19.7 Å². The molecule has 1 saturated heterocycles. The summed E-state index contributed by atoms with van der Waals surface area (Å²) in [5.41, 5.74) is 5.19. The van der Waals surface area contributed by atoms with Crippen LogP contribution in [0, 0.1) is 47.6 Å². The minimum atomic E-state index is -0.620. The van der Waals surface area contributed by atoms with Crippen molar-refractivity contribution < 1.29 is 24.0 Å². The second-order valence-corrected chi connectivity index (χ2v) is 10.5. The molecule has 202 valence electrons. The fraction of sp³-hybridized carbons (Fsp3) is 0.250. The Morgan fingerprint density at radius 1 is 0.775 bits per heavy atom. The van der Waals surface area contributed by atoms with Crippen LogP contribution in [0.1, 0.15) is 22.3 Å². The molecule has 0 N–H and O–H groups in total. The summed E-state index contributed by atoms with van der Waals surface area (Å²) in [6.07, 6.45) is 4.02. The van der Waals surface area contributed by atoms with Gasteiger partial charge in [-0.1, -0.05) is 36.4 Å². The van der Waals surface area contributed by atoms with Gasteiger partial charge in [0.05, 0.1) is 31.0 Å². The van der Waals surface area contributed by atoms with Crippen LogP contribution < -0.4 is 14.4 Å². The number of nitrogens with zero attached hydrogens (tertiary/aromatic N) is 2. The highest BCUT2D eigenvalue weighted by Crippen LogP contribution is 2.59. The molecule has 1 saturated carbocycles. The molecule has 3 aromatic rings. The van der Waals surface area contributed by atoms with Gasteiger partial charge in [0.1, 0.15) is 17.2 Å². The number of ether oxygens (including phenoxy) is 2. The number of carbonyl (C=O) groups is 2. The number of aryl methyl sites for hydroxylation is 2. The third-order valence-electron chi connectivity index (χ3n) is 8.49. The molecule has 40 heavy (non-hydrogen) atoms. The highest BCUT2D eigenvalue weighted by Gasteiger charge is 2.63. The Labute approximate surface area is 231 Å². The van der Waals surface area contributed by atoms with E-state index in [-0.39, 0.29) is 35.0 Å². The number of hydrogen-bond donors (Lipinski definition) is 0. The van der Waals surface area contributed by atoms with E-state index in [1.165, 1.54) is 6.07 Å². The predicted octanol–water partition coefficient (Wildman–Crippen LogP) is 5.65. The number of nitro benzene ring substituents is 1. The SMILES string of the molecule is COc1ccc(C(=C2[C@H]3C=C[C@H]2[C@H]2C(=O)N(c4cc(C)c(C)cc4[N+](=O)[O-])C(=O)[C@H]23)c2ccc(OC)cc2)cc1. The summed E-state index contributed by atoms with van der Waals surface area (Å²) in [5.74, 6) is -1.18. The maximum atomic E-state index is 14.0. The van der Waals surface area contributed by atoms with Gasteiger partial charge >= 0.3 is 0 Å². The van der Waals surface area contributed by atoms with Gasteiger partial charge in [0.2, 0.25) is 11.8 Å². The molecule has 2 aliphatic carbocycles. The summed E-state index contributed by atoms with van der Waals surface area (Å²) in [7, 11) is 3.23. The third-order valence-corrected chi connectivity index (χ3v) is 8.49. The molecule has 3 aliphatic rings. The van der Waals surface area contributed by atoms with Crippen LogP contribution >= 0.6 is 0 Å². The summed E-state index contributed by atoms with van der Waals surface area (Å²) < 4.78 is 10.7.